The van der Waals surface area contributed by atoms with Gasteiger partial charge in [0, 0.05) is 37.7 Å². The van der Waals surface area contributed by atoms with Gasteiger partial charge < -0.3 is 14.2 Å². The van der Waals surface area contributed by atoms with Gasteiger partial charge in [-0.1, -0.05) is 31.2 Å². The fourth-order valence-corrected chi connectivity index (χ4v) is 3.50. The molecule has 0 radical (unpaired) electrons. The fraction of sp³-hybridized carbons (Fsp3) is 0.320. The molecule has 0 aliphatic rings. The number of hydrogen-bond acceptors (Lipinski definition) is 2. The van der Waals surface area contributed by atoms with Crippen molar-refractivity contribution in [3.8, 4) is 0 Å². The number of alkyl halides is 3. The quantitative estimate of drug-likeness (QED) is 0.443. The van der Waals surface area contributed by atoms with Crippen LogP contribution in [0.1, 0.15) is 39.7 Å². The lowest BCUT2D eigenvalue weighted by Crippen LogP contribution is -2.34. The highest BCUT2D eigenvalue weighted by atomic mass is 19.4. The maximum Gasteiger partial charge on any atom is 0.416 e. The van der Waals surface area contributed by atoms with Gasteiger partial charge in [0.2, 0.25) is 0 Å². The molecule has 170 valence electrons. The van der Waals surface area contributed by atoms with Crippen LogP contribution in [0.2, 0.25) is 0 Å². The Kier molecular flexibility index (Phi) is 7.75. The minimum atomic E-state index is -4.38. The number of hydrogen-bond donors (Lipinski definition) is 0. The number of amides is 1. The lowest BCUT2D eigenvalue weighted by atomic mass is 10.1. The molecule has 4 nitrogen and oxygen atoms in total. The van der Waals surface area contributed by atoms with Gasteiger partial charge in [-0.2, -0.15) is 13.2 Å². The number of carbonyl (C=O) groups is 1. The van der Waals surface area contributed by atoms with Gasteiger partial charge in [-0.25, -0.2) is 0 Å². The van der Waals surface area contributed by atoms with Crippen molar-refractivity contribution < 1.29 is 22.7 Å². The van der Waals surface area contributed by atoms with E-state index in [4.69, 9.17) is 4.74 Å². The standard InChI is InChI=1S/C25H27F3N2O2/c1-3-19-9-11-21(12-10-19)24(31)30(14-15-32-2)18-23-8-5-13-29(23)17-20-6-4-7-22(16-20)25(26,27)28/h4-13,16H,3,14-15,17-18H2,1-2H3. The zero-order chi connectivity index (χ0) is 23.1. The van der Waals surface area contributed by atoms with E-state index in [1.807, 2.05) is 47.2 Å². The molecule has 2 aromatic carbocycles. The van der Waals surface area contributed by atoms with Gasteiger partial charge in [0.15, 0.2) is 0 Å². The van der Waals surface area contributed by atoms with Crippen molar-refractivity contribution >= 4 is 5.91 Å². The van der Waals surface area contributed by atoms with Crippen molar-refractivity contribution in [1.29, 1.82) is 0 Å². The van der Waals surface area contributed by atoms with E-state index >= 15 is 0 Å². The van der Waals surface area contributed by atoms with Crippen molar-refractivity contribution in [3.05, 3.63) is 94.8 Å². The Hall–Kier alpha value is -3.06. The molecular weight excluding hydrogens is 417 g/mol. The lowest BCUT2D eigenvalue weighted by Gasteiger charge is -2.24. The largest absolute Gasteiger partial charge is 0.416 e. The highest BCUT2D eigenvalue weighted by Gasteiger charge is 2.30. The molecule has 0 N–H and O–H groups in total. The minimum absolute atomic E-state index is 0.114. The maximum absolute atomic E-state index is 13.1. The van der Waals surface area contributed by atoms with Gasteiger partial charge >= 0.3 is 6.18 Å². The molecule has 1 aromatic heterocycles. The Morgan fingerprint density at radius 3 is 2.44 bits per heavy atom. The van der Waals surface area contributed by atoms with E-state index in [1.165, 1.54) is 6.07 Å². The summed E-state index contributed by atoms with van der Waals surface area (Å²) in [6.45, 7) is 3.44. The molecule has 1 heterocycles. The molecule has 0 atom stereocenters. The first-order chi connectivity index (χ1) is 15.3. The maximum atomic E-state index is 13.1. The van der Waals surface area contributed by atoms with Crippen LogP contribution in [0.25, 0.3) is 0 Å². The van der Waals surface area contributed by atoms with Crippen molar-refractivity contribution in [2.24, 2.45) is 0 Å². The second-order valence-corrected chi connectivity index (χ2v) is 7.60. The third-order valence-corrected chi connectivity index (χ3v) is 5.35. The molecule has 3 aromatic rings. The molecule has 0 spiro atoms. The van der Waals surface area contributed by atoms with E-state index in [1.54, 1.807) is 18.1 Å². The van der Waals surface area contributed by atoms with E-state index in [9.17, 15) is 18.0 Å². The van der Waals surface area contributed by atoms with Crippen molar-refractivity contribution in [2.75, 3.05) is 20.3 Å². The summed E-state index contributed by atoms with van der Waals surface area (Å²) in [5, 5.41) is 0. The van der Waals surface area contributed by atoms with E-state index in [0.717, 1.165) is 29.8 Å². The fourth-order valence-electron chi connectivity index (χ4n) is 3.50. The van der Waals surface area contributed by atoms with Crippen molar-refractivity contribution in [1.82, 2.24) is 9.47 Å². The molecule has 0 saturated heterocycles. The lowest BCUT2D eigenvalue weighted by molar-refractivity contribution is -0.137. The smallest absolute Gasteiger partial charge is 0.383 e. The average molecular weight is 444 g/mol. The molecule has 0 fully saturated rings. The first kappa shape index (κ1) is 23.6. The molecule has 0 aliphatic carbocycles. The molecule has 3 rings (SSSR count). The first-order valence-corrected chi connectivity index (χ1v) is 10.5. The summed E-state index contributed by atoms with van der Waals surface area (Å²) in [5.41, 5.74) is 2.45. The van der Waals surface area contributed by atoms with Gasteiger partial charge in [0.05, 0.1) is 18.7 Å². The van der Waals surface area contributed by atoms with Crippen LogP contribution in [0.15, 0.2) is 66.9 Å². The Balaban J connectivity index is 1.79. The number of nitrogens with zero attached hydrogens (tertiary/aromatic N) is 2. The van der Waals surface area contributed by atoms with Crippen LogP contribution in [0, 0.1) is 0 Å². The molecular formula is C25H27F3N2O2. The van der Waals surface area contributed by atoms with Crippen LogP contribution >= 0.6 is 0 Å². The Labute approximate surface area is 186 Å². The summed E-state index contributed by atoms with van der Waals surface area (Å²) < 4.78 is 46.2. The van der Waals surface area contributed by atoms with Gasteiger partial charge in [-0.3, -0.25) is 4.79 Å². The SMILES string of the molecule is CCc1ccc(C(=O)N(CCOC)Cc2cccn2Cc2cccc(C(F)(F)F)c2)cc1. The van der Waals surface area contributed by atoms with Crippen LogP contribution in [-0.4, -0.2) is 35.6 Å². The Morgan fingerprint density at radius 2 is 1.78 bits per heavy atom. The van der Waals surface area contributed by atoms with Crippen LogP contribution < -0.4 is 0 Å². The van der Waals surface area contributed by atoms with Gasteiger partial charge in [0.1, 0.15) is 0 Å². The second kappa shape index (κ2) is 10.5. The van der Waals surface area contributed by atoms with E-state index < -0.39 is 11.7 Å². The summed E-state index contributed by atoms with van der Waals surface area (Å²) in [7, 11) is 1.58. The molecule has 7 heteroatoms. The highest BCUT2D eigenvalue weighted by molar-refractivity contribution is 5.94. The molecule has 0 bridgehead atoms. The molecule has 0 aliphatic heterocycles. The number of aryl methyl sites for hydroxylation is 1. The third kappa shape index (κ3) is 6.01. The predicted octanol–water partition coefficient (Wildman–Crippen LogP) is 5.41. The second-order valence-electron chi connectivity index (χ2n) is 7.60. The number of rotatable bonds is 9. The molecule has 0 saturated carbocycles. The number of aromatic nitrogens is 1. The number of benzene rings is 2. The summed E-state index contributed by atoms with van der Waals surface area (Å²) in [6.07, 6.45) is -1.68. The summed E-state index contributed by atoms with van der Waals surface area (Å²) in [5.74, 6) is -0.114. The van der Waals surface area contributed by atoms with Gasteiger partial charge in [-0.15, -0.1) is 0 Å². The Morgan fingerprint density at radius 1 is 1.03 bits per heavy atom. The minimum Gasteiger partial charge on any atom is -0.383 e. The number of carbonyl (C=O) groups excluding carboxylic acids is 1. The number of halogens is 3. The van der Waals surface area contributed by atoms with E-state index in [2.05, 4.69) is 6.92 Å². The molecule has 0 unspecified atom stereocenters. The summed E-state index contributed by atoms with van der Waals surface area (Å²) in [6, 6.07) is 16.5. The van der Waals surface area contributed by atoms with Crippen LogP contribution in [-0.2, 0) is 30.4 Å². The first-order valence-electron chi connectivity index (χ1n) is 10.5. The summed E-state index contributed by atoms with van der Waals surface area (Å²) in [4.78, 5) is 14.8. The van der Waals surface area contributed by atoms with Crippen LogP contribution in [0.5, 0.6) is 0 Å². The van der Waals surface area contributed by atoms with E-state index in [-0.39, 0.29) is 12.5 Å². The van der Waals surface area contributed by atoms with Crippen LogP contribution in [0.4, 0.5) is 13.2 Å². The zero-order valence-electron chi connectivity index (χ0n) is 18.2. The van der Waals surface area contributed by atoms with Gasteiger partial charge in [0.25, 0.3) is 5.91 Å². The van der Waals surface area contributed by atoms with Crippen molar-refractivity contribution in [3.63, 3.8) is 0 Å². The monoisotopic (exact) mass is 444 g/mol. The molecule has 1 amide bonds. The zero-order valence-corrected chi connectivity index (χ0v) is 18.2. The Bertz CT molecular complexity index is 1030. The van der Waals surface area contributed by atoms with E-state index in [0.29, 0.717) is 30.8 Å². The normalized spacial score (nSPS) is 11.5. The summed E-state index contributed by atoms with van der Waals surface area (Å²) >= 11 is 0. The highest BCUT2D eigenvalue weighted by Crippen LogP contribution is 2.29. The topological polar surface area (TPSA) is 34.5 Å². The molecule has 32 heavy (non-hydrogen) atoms. The third-order valence-electron chi connectivity index (χ3n) is 5.35. The average Bonchev–Trinajstić information content (AvgIpc) is 3.22. The van der Waals surface area contributed by atoms with Crippen LogP contribution in [0.3, 0.4) is 0 Å². The number of methoxy groups -OCH3 is 1. The number of ether oxygens (including phenoxy) is 1. The predicted molar refractivity (Wildman–Crippen MR) is 117 cm³/mol. The van der Waals surface area contributed by atoms with Crippen molar-refractivity contribution in [2.45, 2.75) is 32.6 Å². The van der Waals surface area contributed by atoms with Gasteiger partial charge in [-0.05, 0) is 53.9 Å².